The molecule has 7 nitrogen and oxygen atoms in total. The molecule has 0 saturated carbocycles. The van der Waals surface area contributed by atoms with Gasteiger partial charge in [0.2, 0.25) is 0 Å². The average Bonchev–Trinajstić information content (AvgIpc) is 2.90. The molecule has 0 aliphatic carbocycles. The molecule has 37 heavy (non-hydrogen) atoms. The molecule has 5 rings (SSSR count). The van der Waals surface area contributed by atoms with Crippen molar-refractivity contribution in [1.82, 2.24) is 15.0 Å². The summed E-state index contributed by atoms with van der Waals surface area (Å²) >= 11 is 0. The summed E-state index contributed by atoms with van der Waals surface area (Å²) in [7, 11) is 1.78. The summed E-state index contributed by atoms with van der Waals surface area (Å²) in [5.41, 5.74) is 2.63. The minimum absolute atomic E-state index is 0.0463. The summed E-state index contributed by atoms with van der Waals surface area (Å²) in [6, 6.07) is 16.4. The zero-order valence-corrected chi connectivity index (χ0v) is 20.2. The summed E-state index contributed by atoms with van der Waals surface area (Å²) < 4.78 is 19.4. The Labute approximate surface area is 212 Å². The molecule has 8 heteroatoms. The summed E-state index contributed by atoms with van der Waals surface area (Å²) in [5, 5.41) is 3.84. The van der Waals surface area contributed by atoms with Gasteiger partial charge in [0.25, 0.3) is 0 Å². The Balaban J connectivity index is 1.36. The fraction of sp³-hybridized carbons (Fsp3) is 0.103. The second-order valence-corrected chi connectivity index (χ2v) is 8.50. The van der Waals surface area contributed by atoms with Gasteiger partial charge in [-0.1, -0.05) is 24.3 Å². The van der Waals surface area contributed by atoms with Gasteiger partial charge in [-0.25, -0.2) is 9.37 Å². The van der Waals surface area contributed by atoms with Gasteiger partial charge in [0.15, 0.2) is 17.0 Å². The number of hydrogen-bond acceptors (Lipinski definition) is 6. The van der Waals surface area contributed by atoms with Crippen molar-refractivity contribution in [2.45, 2.75) is 13.3 Å². The lowest BCUT2D eigenvalue weighted by Gasteiger charge is -2.11. The number of H-pyrrole nitrogens is 1. The van der Waals surface area contributed by atoms with Gasteiger partial charge in [0, 0.05) is 48.7 Å². The van der Waals surface area contributed by atoms with E-state index in [1.54, 1.807) is 56.7 Å². The second kappa shape index (κ2) is 10.0. The van der Waals surface area contributed by atoms with Crippen LogP contribution in [0.2, 0.25) is 0 Å². The quantitative estimate of drug-likeness (QED) is 0.282. The molecule has 5 aromatic rings. The van der Waals surface area contributed by atoms with Gasteiger partial charge >= 0.3 is 0 Å². The van der Waals surface area contributed by atoms with Gasteiger partial charge in [0.1, 0.15) is 22.8 Å². The lowest BCUT2D eigenvalue weighted by molar-refractivity contribution is 0.0991. The Morgan fingerprint density at radius 1 is 1.00 bits per heavy atom. The van der Waals surface area contributed by atoms with Gasteiger partial charge < -0.3 is 15.0 Å². The minimum atomic E-state index is -0.394. The lowest BCUT2D eigenvalue weighted by atomic mass is 9.98. The zero-order valence-electron chi connectivity index (χ0n) is 20.2. The van der Waals surface area contributed by atoms with Gasteiger partial charge in [-0.05, 0) is 54.4 Å². The summed E-state index contributed by atoms with van der Waals surface area (Å²) in [6.07, 6.45) is 4.83. The molecular weight excluding hydrogens is 471 g/mol. The van der Waals surface area contributed by atoms with Crippen molar-refractivity contribution in [3.8, 4) is 22.6 Å². The Morgan fingerprint density at radius 2 is 1.73 bits per heavy atom. The highest BCUT2D eigenvalue weighted by Crippen LogP contribution is 2.31. The van der Waals surface area contributed by atoms with Crippen molar-refractivity contribution in [3.63, 3.8) is 0 Å². The highest BCUT2D eigenvalue weighted by Gasteiger charge is 2.17. The number of anilines is 1. The maximum atomic E-state index is 13.3. The van der Waals surface area contributed by atoms with Crippen LogP contribution in [0.3, 0.4) is 0 Å². The van der Waals surface area contributed by atoms with E-state index in [0.29, 0.717) is 39.7 Å². The highest BCUT2D eigenvalue weighted by atomic mass is 19.1. The monoisotopic (exact) mass is 494 g/mol. The predicted octanol–water partition coefficient (Wildman–Crippen LogP) is 5.69. The number of fused-ring (bicyclic) bond motifs is 1. The number of nitrogens with one attached hydrogen (secondary N) is 2. The first-order valence-electron chi connectivity index (χ1n) is 11.6. The number of benzene rings is 2. The predicted molar refractivity (Wildman–Crippen MR) is 141 cm³/mol. The topological polar surface area (TPSA) is 97.0 Å². The van der Waals surface area contributed by atoms with E-state index in [-0.39, 0.29) is 23.2 Å². The van der Waals surface area contributed by atoms with Crippen LogP contribution < -0.4 is 15.5 Å². The highest BCUT2D eigenvalue weighted by molar-refractivity contribution is 5.98. The van der Waals surface area contributed by atoms with Crippen LogP contribution in [0.25, 0.3) is 22.0 Å². The van der Waals surface area contributed by atoms with Crippen molar-refractivity contribution in [2.24, 2.45) is 0 Å². The molecule has 0 radical (unpaired) electrons. The van der Waals surface area contributed by atoms with E-state index in [1.165, 1.54) is 30.5 Å². The van der Waals surface area contributed by atoms with Crippen LogP contribution >= 0.6 is 0 Å². The van der Waals surface area contributed by atoms with E-state index in [4.69, 9.17) is 4.74 Å². The van der Waals surface area contributed by atoms with Crippen molar-refractivity contribution in [1.29, 1.82) is 0 Å². The standard InChI is InChI=1S/C29H23FN4O3/c1-17-26(19-5-7-20(30)8-6-19)28(36)23(16-34-17)24(35)15-18-3-9-21(10-4-18)37-25-12-14-32-27-22(25)11-13-33-29(27)31-2/h3-14,16H,15H2,1-2H3,(H,31,33)(H,34,36). The third kappa shape index (κ3) is 4.81. The molecule has 0 amide bonds. The molecule has 0 spiro atoms. The number of halogens is 1. The van der Waals surface area contributed by atoms with E-state index in [0.717, 1.165) is 10.9 Å². The number of carbonyl (C=O) groups is 1. The van der Waals surface area contributed by atoms with Crippen LogP contribution in [-0.2, 0) is 6.42 Å². The number of aromatic nitrogens is 3. The Bertz CT molecular complexity index is 1660. The van der Waals surface area contributed by atoms with Crippen LogP contribution in [0.4, 0.5) is 10.2 Å². The number of ketones is 1. The molecule has 0 aliphatic rings. The maximum absolute atomic E-state index is 13.3. The molecule has 184 valence electrons. The van der Waals surface area contributed by atoms with Crippen LogP contribution in [0.15, 0.2) is 84.0 Å². The number of nitrogens with zero attached hydrogens (tertiary/aromatic N) is 2. The van der Waals surface area contributed by atoms with Crippen LogP contribution in [0.5, 0.6) is 11.5 Å². The molecule has 0 bridgehead atoms. The third-order valence-corrected chi connectivity index (χ3v) is 6.08. The van der Waals surface area contributed by atoms with Crippen molar-refractivity contribution in [3.05, 3.63) is 112 Å². The largest absolute Gasteiger partial charge is 0.457 e. The normalized spacial score (nSPS) is 10.9. The first-order valence-corrected chi connectivity index (χ1v) is 11.6. The Hall–Kier alpha value is -4.85. The maximum Gasteiger partial charge on any atom is 0.200 e. The number of Topliss-reactive ketones (excluding diaryl/α,β-unsaturated/α-hetero) is 1. The molecule has 0 saturated heterocycles. The molecule has 2 aromatic carbocycles. The first-order chi connectivity index (χ1) is 17.9. The summed E-state index contributed by atoms with van der Waals surface area (Å²) in [5.74, 6) is 1.18. The fourth-order valence-electron chi connectivity index (χ4n) is 4.20. The summed E-state index contributed by atoms with van der Waals surface area (Å²) in [6.45, 7) is 1.75. The van der Waals surface area contributed by atoms with Crippen LogP contribution in [0, 0.1) is 12.7 Å². The summed E-state index contributed by atoms with van der Waals surface area (Å²) in [4.78, 5) is 37.8. The number of aryl methyl sites for hydroxylation is 1. The SMILES string of the molecule is CNc1nccc2c(Oc3ccc(CC(=O)c4c[nH]c(C)c(-c5ccc(F)cc5)c4=O)cc3)ccnc12. The Morgan fingerprint density at radius 3 is 2.46 bits per heavy atom. The van der Waals surface area contributed by atoms with Gasteiger partial charge in [-0.3, -0.25) is 14.6 Å². The van der Waals surface area contributed by atoms with Crippen molar-refractivity contribution >= 4 is 22.5 Å². The van der Waals surface area contributed by atoms with Crippen LogP contribution in [0.1, 0.15) is 21.6 Å². The molecule has 3 aromatic heterocycles. The average molecular weight is 495 g/mol. The molecule has 2 N–H and O–H groups in total. The number of carbonyl (C=O) groups excluding carboxylic acids is 1. The minimum Gasteiger partial charge on any atom is -0.457 e. The van der Waals surface area contributed by atoms with E-state index >= 15 is 0 Å². The second-order valence-electron chi connectivity index (χ2n) is 8.50. The molecule has 0 unspecified atom stereocenters. The molecule has 0 aliphatic heterocycles. The van der Waals surface area contributed by atoms with Crippen molar-refractivity contribution in [2.75, 3.05) is 12.4 Å². The zero-order chi connectivity index (χ0) is 25.9. The van der Waals surface area contributed by atoms with E-state index in [2.05, 4.69) is 20.3 Å². The Kier molecular flexibility index (Phi) is 6.47. The van der Waals surface area contributed by atoms with Crippen LogP contribution in [-0.4, -0.2) is 27.8 Å². The number of hydrogen-bond donors (Lipinski definition) is 2. The van der Waals surface area contributed by atoms with Crippen molar-refractivity contribution < 1.29 is 13.9 Å². The van der Waals surface area contributed by atoms with E-state index in [1.807, 2.05) is 6.07 Å². The van der Waals surface area contributed by atoms with Gasteiger partial charge in [-0.15, -0.1) is 0 Å². The lowest BCUT2D eigenvalue weighted by Crippen LogP contribution is -2.20. The number of ether oxygens (including phenoxy) is 1. The van der Waals surface area contributed by atoms with E-state index < -0.39 is 5.82 Å². The molecule has 0 atom stereocenters. The van der Waals surface area contributed by atoms with Gasteiger partial charge in [0.05, 0.1) is 5.56 Å². The number of aromatic amines is 1. The van der Waals surface area contributed by atoms with E-state index in [9.17, 15) is 14.0 Å². The molecule has 0 fully saturated rings. The number of pyridine rings is 3. The third-order valence-electron chi connectivity index (χ3n) is 6.08. The fourth-order valence-corrected chi connectivity index (χ4v) is 4.20. The number of rotatable bonds is 7. The molecular formula is C29H23FN4O3. The molecule has 3 heterocycles. The smallest absolute Gasteiger partial charge is 0.200 e. The van der Waals surface area contributed by atoms with Gasteiger partial charge in [-0.2, -0.15) is 0 Å². The first kappa shape index (κ1) is 23.9.